The van der Waals surface area contributed by atoms with Crippen LogP contribution in [0.2, 0.25) is 0 Å². The number of hydrogen-bond donors (Lipinski definition) is 1. The molecule has 0 aliphatic carbocycles. The average molecular weight is 214 g/mol. The zero-order valence-corrected chi connectivity index (χ0v) is 9.45. The van der Waals surface area contributed by atoms with Crippen molar-refractivity contribution in [3.63, 3.8) is 0 Å². The maximum atomic E-state index is 11.6. The SMILES string of the molecule is COC[C@@H](C)NC(=O)C1CN(C(C)=O)C1. The number of hydrogen-bond acceptors (Lipinski definition) is 3. The molecule has 1 saturated heterocycles. The second kappa shape index (κ2) is 5.11. The third-order valence-corrected chi connectivity index (χ3v) is 2.50. The van der Waals surface area contributed by atoms with Crippen molar-refractivity contribution < 1.29 is 14.3 Å². The lowest BCUT2D eigenvalue weighted by Crippen LogP contribution is -2.56. The molecule has 0 bridgehead atoms. The second-order valence-electron chi connectivity index (χ2n) is 3.99. The molecular weight excluding hydrogens is 196 g/mol. The van der Waals surface area contributed by atoms with E-state index in [1.54, 1.807) is 12.0 Å². The molecule has 1 aliphatic heterocycles. The minimum Gasteiger partial charge on any atom is -0.383 e. The molecule has 1 fully saturated rings. The first kappa shape index (κ1) is 12.0. The van der Waals surface area contributed by atoms with Gasteiger partial charge in [0.2, 0.25) is 11.8 Å². The quantitative estimate of drug-likeness (QED) is 0.693. The molecule has 15 heavy (non-hydrogen) atoms. The first-order chi connectivity index (χ1) is 7.04. The van der Waals surface area contributed by atoms with Crippen LogP contribution in [0.15, 0.2) is 0 Å². The van der Waals surface area contributed by atoms with E-state index in [2.05, 4.69) is 5.32 Å². The van der Waals surface area contributed by atoms with Crippen LogP contribution in [-0.2, 0) is 14.3 Å². The topological polar surface area (TPSA) is 58.6 Å². The summed E-state index contributed by atoms with van der Waals surface area (Å²) in [5.41, 5.74) is 0. The highest BCUT2D eigenvalue weighted by Crippen LogP contribution is 2.15. The number of rotatable bonds is 4. The fourth-order valence-corrected chi connectivity index (χ4v) is 1.55. The fourth-order valence-electron chi connectivity index (χ4n) is 1.55. The van der Waals surface area contributed by atoms with Crippen LogP contribution in [0.3, 0.4) is 0 Å². The summed E-state index contributed by atoms with van der Waals surface area (Å²) in [5.74, 6) is -0.00533. The largest absolute Gasteiger partial charge is 0.383 e. The van der Waals surface area contributed by atoms with Gasteiger partial charge in [-0.15, -0.1) is 0 Å². The summed E-state index contributed by atoms with van der Waals surface area (Å²) in [5, 5.41) is 2.84. The van der Waals surface area contributed by atoms with E-state index in [0.717, 1.165) is 0 Å². The molecule has 86 valence electrons. The van der Waals surface area contributed by atoms with Gasteiger partial charge in [-0.25, -0.2) is 0 Å². The van der Waals surface area contributed by atoms with Gasteiger partial charge >= 0.3 is 0 Å². The summed E-state index contributed by atoms with van der Waals surface area (Å²) in [4.78, 5) is 24.1. The fraction of sp³-hybridized carbons (Fsp3) is 0.800. The van der Waals surface area contributed by atoms with Crippen molar-refractivity contribution in [3.05, 3.63) is 0 Å². The van der Waals surface area contributed by atoms with Crippen LogP contribution in [0, 0.1) is 5.92 Å². The lowest BCUT2D eigenvalue weighted by molar-refractivity contribution is -0.141. The Bertz CT molecular complexity index is 249. The van der Waals surface area contributed by atoms with Gasteiger partial charge < -0.3 is 15.0 Å². The van der Waals surface area contributed by atoms with Crippen LogP contribution in [-0.4, -0.2) is 49.6 Å². The Hall–Kier alpha value is -1.10. The van der Waals surface area contributed by atoms with Crippen molar-refractivity contribution in [3.8, 4) is 0 Å². The Morgan fingerprint density at radius 3 is 2.60 bits per heavy atom. The van der Waals surface area contributed by atoms with E-state index in [0.29, 0.717) is 19.7 Å². The van der Waals surface area contributed by atoms with Gasteiger partial charge in [-0.05, 0) is 6.92 Å². The number of carbonyl (C=O) groups is 2. The molecule has 5 nitrogen and oxygen atoms in total. The summed E-state index contributed by atoms with van der Waals surface area (Å²) in [7, 11) is 1.60. The number of nitrogens with one attached hydrogen (secondary N) is 1. The number of nitrogens with zero attached hydrogens (tertiary/aromatic N) is 1. The van der Waals surface area contributed by atoms with E-state index in [4.69, 9.17) is 4.74 Å². The molecule has 0 saturated carbocycles. The molecule has 1 N–H and O–H groups in total. The minimum absolute atomic E-state index is 0.0112. The number of methoxy groups -OCH3 is 1. The third-order valence-electron chi connectivity index (χ3n) is 2.50. The van der Waals surface area contributed by atoms with Crippen LogP contribution in [0.4, 0.5) is 0 Å². The van der Waals surface area contributed by atoms with Gasteiger partial charge in [-0.1, -0.05) is 0 Å². The van der Waals surface area contributed by atoms with Crippen molar-refractivity contribution in [2.45, 2.75) is 19.9 Å². The third kappa shape index (κ3) is 3.20. The Labute approximate surface area is 89.8 Å². The van der Waals surface area contributed by atoms with Crippen LogP contribution in [0.1, 0.15) is 13.8 Å². The number of ether oxygens (including phenoxy) is 1. The maximum Gasteiger partial charge on any atom is 0.226 e. The van der Waals surface area contributed by atoms with Gasteiger partial charge in [0.15, 0.2) is 0 Å². The number of carbonyl (C=O) groups excluding carboxylic acids is 2. The maximum absolute atomic E-state index is 11.6. The summed E-state index contributed by atoms with van der Waals surface area (Å²) in [6.07, 6.45) is 0. The predicted molar refractivity (Wildman–Crippen MR) is 55.2 cm³/mol. The molecular formula is C10H18N2O3. The Kier molecular flexibility index (Phi) is 4.08. The first-order valence-corrected chi connectivity index (χ1v) is 5.09. The van der Waals surface area contributed by atoms with Crippen molar-refractivity contribution in [1.29, 1.82) is 0 Å². The van der Waals surface area contributed by atoms with Crippen LogP contribution in [0.25, 0.3) is 0 Å². The zero-order chi connectivity index (χ0) is 11.4. The van der Waals surface area contributed by atoms with Gasteiger partial charge in [-0.3, -0.25) is 9.59 Å². The van der Waals surface area contributed by atoms with E-state index < -0.39 is 0 Å². The molecule has 5 heteroatoms. The molecule has 0 aromatic carbocycles. The first-order valence-electron chi connectivity index (χ1n) is 5.09. The predicted octanol–water partition coefficient (Wildman–Crippen LogP) is -0.384. The molecule has 1 aliphatic rings. The van der Waals surface area contributed by atoms with Crippen LogP contribution >= 0.6 is 0 Å². The summed E-state index contributed by atoms with van der Waals surface area (Å²) < 4.78 is 4.92. The van der Waals surface area contributed by atoms with Crippen LogP contribution in [0.5, 0.6) is 0 Å². The molecule has 0 unspecified atom stereocenters. The second-order valence-corrected chi connectivity index (χ2v) is 3.99. The lowest BCUT2D eigenvalue weighted by Gasteiger charge is -2.37. The Balaban J connectivity index is 2.23. The molecule has 0 radical (unpaired) electrons. The molecule has 1 atom stereocenters. The highest BCUT2D eigenvalue weighted by atomic mass is 16.5. The lowest BCUT2D eigenvalue weighted by atomic mass is 9.99. The standard InChI is InChI=1S/C10H18N2O3/c1-7(6-15-3)11-10(14)9-4-12(5-9)8(2)13/h7,9H,4-6H2,1-3H3,(H,11,14)/t7-/m1/s1. The van der Waals surface area contributed by atoms with Crippen LogP contribution < -0.4 is 5.32 Å². The number of amides is 2. The minimum atomic E-state index is -0.0480. The Morgan fingerprint density at radius 1 is 1.53 bits per heavy atom. The van der Waals surface area contributed by atoms with Crippen molar-refractivity contribution in [2.24, 2.45) is 5.92 Å². The monoisotopic (exact) mass is 214 g/mol. The molecule has 0 aromatic heterocycles. The van der Waals surface area contributed by atoms with E-state index >= 15 is 0 Å². The molecule has 1 heterocycles. The van der Waals surface area contributed by atoms with Crippen molar-refractivity contribution in [1.82, 2.24) is 10.2 Å². The van der Waals surface area contributed by atoms with Gasteiger partial charge in [-0.2, -0.15) is 0 Å². The number of likely N-dealkylation sites (tertiary alicyclic amines) is 1. The summed E-state index contributed by atoms with van der Waals surface area (Å²) in [6.45, 7) is 5.00. The molecule has 2 amide bonds. The van der Waals surface area contributed by atoms with Crippen molar-refractivity contribution in [2.75, 3.05) is 26.8 Å². The smallest absolute Gasteiger partial charge is 0.226 e. The summed E-state index contributed by atoms with van der Waals surface area (Å²) in [6, 6.07) is 0.0221. The molecule has 1 rings (SSSR count). The van der Waals surface area contributed by atoms with Gasteiger partial charge in [0, 0.05) is 33.2 Å². The van der Waals surface area contributed by atoms with Crippen molar-refractivity contribution >= 4 is 11.8 Å². The van der Waals surface area contributed by atoms with E-state index in [9.17, 15) is 9.59 Å². The highest BCUT2D eigenvalue weighted by molar-refractivity contribution is 5.83. The highest BCUT2D eigenvalue weighted by Gasteiger charge is 2.34. The normalized spacial score (nSPS) is 18.2. The van der Waals surface area contributed by atoms with E-state index in [1.165, 1.54) is 6.92 Å². The average Bonchev–Trinajstić information content (AvgIpc) is 1.99. The molecule has 0 aromatic rings. The van der Waals surface area contributed by atoms with Gasteiger partial charge in [0.25, 0.3) is 0 Å². The van der Waals surface area contributed by atoms with Gasteiger partial charge in [0.1, 0.15) is 0 Å². The van der Waals surface area contributed by atoms with E-state index in [-0.39, 0.29) is 23.8 Å². The Morgan fingerprint density at radius 2 is 2.13 bits per heavy atom. The van der Waals surface area contributed by atoms with Gasteiger partial charge in [0.05, 0.1) is 12.5 Å². The molecule has 0 spiro atoms. The zero-order valence-electron chi connectivity index (χ0n) is 9.45. The summed E-state index contributed by atoms with van der Waals surface area (Å²) >= 11 is 0. The van der Waals surface area contributed by atoms with E-state index in [1.807, 2.05) is 6.92 Å².